The fraction of sp³-hybridized carbons (Fsp3) is 1.00. The van der Waals surface area contributed by atoms with E-state index >= 15 is 0 Å². The number of hydrogen-bond donors (Lipinski definition) is 0. The number of hydrogen-bond acceptors (Lipinski definition) is 1. The highest BCUT2D eigenvalue weighted by Crippen LogP contribution is 2.55. The van der Waals surface area contributed by atoms with Crippen LogP contribution in [0.3, 0.4) is 0 Å². The Morgan fingerprint density at radius 3 is 1.75 bits per heavy atom. The summed E-state index contributed by atoms with van der Waals surface area (Å²) in [5, 5.41) is 0.0855. The fourth-order valence-corrected chi connectivity index (χ4v) is 1.48. The molecule has 74 valence electrons. The topological polar surface area (TPSA) is 9.23 Å². The zero-order valence-corrected chi connectivity index (χ0v) is 10.6. The summed E-state index contributed by atoms with van der Waals surface area (Å²) in [5.74, 6) is 0. The maximum Gasteiger partial charge on any atom is 0.129 e. The van der Waals surface area contributed by atoms with Gasteiger partial charge in [0.05, 0.1) is 6.61 Å². The summed E-state index contributed by atoms with van der Waals surface area (Å²) < 4.78 is 5.60. The third kappa shape index (κ3) is 6.22. The molecule has 0 aromatic rings. The van der Waals surface area contributed by atoms with E-state index in [-0.39, 0.29) is 10.6 Å². The lowest BCUT2D eigenvalue weighted by molar-refractivity contribution is 0.215. The Morgan fingerprint density at radius 1 is 1.08 bits per heavy atom. The molecule has 0 heterocycles. The van der Waals surface area contributed by atoms with Crippen molar-refractivity contribution in [3.05, 3.63) is 0 Å². The minimum absolute atomic E-state index is 0.0855. The maximum absolute atomic E-state index is 6.11. The van der Waals surface area contributed by atoms with Gasteiger partial charge in [0.25, 0.3) is 0 Å². The van der Waals surface area contributed by atoms with Crippen molar-refractivity contribution in [1.82, 2.24) is 0 Å². The van der Waals surface area contributed by atoms with Crippen LogP contribution >= 0.6 is 18.7 Å². The van der Waals surface area contributed by atoms with E-state index in [4.69, 9.17) is 15.8 Å². The Bertz CT molecular complexity index is 134. The molecule has 0 saturated carbocycles. The molecule has 0 rings (SSSR count). The molecule has 0 aromatic heterocycles. The summed E-state index contributed by atoms with van der Waals surface area (Å²) in [6.07, 6.45) is 0. The second kappa shape index (κ2) is 4.26. The number of halogens is 1. The van der Waals surface area contributed by atoms with Crippen LogP contribution in [0.1, 0.15) is 41.5 Å². The quantitative estimate of drug-likeness (QED) is 0.614. The molecule has 1 atom stereocenters. The molecule has 0 fully saturated rings. The van der Waals surface area contributed by atoms with Gasteiger partial charge < -0.3 is 4.52 Å². The average Bonchev–Trinajstić information content (AvgIpc) is 1.78. The molecule has 0 aliphatic carbocycles. The van der Waals surface area contributed by atoms with Crippen LogP contribution in [0, 0.1) is 5.41 Å². The predicted molar refractivity (Wildman–Crippen MR) is 57.9 cm³/mol. The van der Waals surface area contributed by atoms with E-state index in [1.54, 1.807) is 0 Å². The minimum Gasteiger partial charge on any atom is -0.342 e. The van der Waals surface area contributed by atoms with Gasteiger partial charge in [-0.3, -0.25) is 0 Å². The van der Waals surface area contributed by atoms with Gasteiger partial charge in [0.15, 0.2) is 0 Å². The lowest BCUT2D eigenvalue weighted by Crippen LogP contribution is -2.16. The van der Waals surface area contributed by atoms with Crippen LogP contribution in [0.15, 0.2) is 0 Å². The van der Waals surface area contributed by atoms with Crippen LogP contribution in [-0.4, -0.2) is 11.8 Å². The van der Waals surface area contributed by atoms with Crippen molar-refractivity contribution in [2.75, 3.05) is 6.61 Å². The van der Waals surface area contributed by atoms with E-state index in [1.165, 1.54) is 0 Å². The maximum atomic E-state index is 6.11. The minimum atomic E-state index is -0.814. The normalized spacial score (nSPS) is 16.2. The highest BCUT2D eigenvalue weighted by Gasteiger charge is 2.25. The second-order valence-corrected chi connectivity index (χ2v) is 8.26. The van der Waals surface area contributed by atoms with E-state index in [9.17, 15) is 0 Å². The molecule has 0 spiro atoms. The van der Waals surface area contributed by atoms with Crippen molar-refractivity contribution in [3.63, 3.8) is 0 Å². The molecule has 0 N–H and O–H groups in total. The second-order valence-electron chi connectivity index (χ2n) is 5.25. The highest BCUT2D eigenvalue weighted by molar-refractivity contribution is 7.81. The van der Waals surface area contributed by atoms with Gasteiger partial charge in [-0.05, 0) is 5.41 Å². The first-order valence-electron chi connectivity index (χ1n) is 4.22. The Kier molecular flexibility index (Phi) is 4.50. The first kappa shape index (κ1) is 12.7. The van der Waals surface area contributed by atoms with Crippen molar-refractivity contribution >= 4 is 18.7 Å². The first-order valence-corrected chi connectivity index (χ1v) is 6.38. The molecule has 1 unspecified atom stereocenters. The Hall–Kier alpha value is 0.680. The summed E-state index contributed by atoms with van der Waals surface area (Å²) in [5.41, 5.74) is 0.209. The molecule has 0 bridgehead atoms. The molecule has 0 saturated heterocycles. The Labute approximate surface area is 82.5 Å². The van der Waals surface area contributed by atoms with Crippen LogP contribution in [-0.2, 0) is 4.52 Å². The summed E-state index contributed by atoms with van der Waals surface area (Å²) >= 11 is 6.11. The molecule has 0 radical (unpaired) electrons. The third-order valence-corrected chi connectivity index (χ3v) is 4.36. The summed E-state index contributed by atoms with van der Waals surface area (Å²) in [6, 6.07) is 0. The molecule has 12 heavy (non-hydrogen) atoms. The largest absolute Gasteiger partial charge is 0.342 e. The SMILES string of the molecule is CC(C)(C)COP(Cl)C(C)(C)C. The molecule has 3 heteroatoms. The van der Waals surface area contributed by atoms with Crippen LogP contribution in [0.25, 0.3) is 0 Å². The molecule has 1 nitrogen and oxygen atoms in total. The van der Waals surface area contributed by atoms with Gasteiger partial charge in [-0.15, -0.1) is 0 Å². The van der Waals surface area contributed by atoms with Crippen LogP contribution in [0.5, 0.6) is 0 Å². The van der Waals surface area contributed by atoms with Crippen molar-refractivity contribution in [1.29, 1.82) is 0 Å². The lowest BCUT2D eigenvalue weighted by Gasteiger charge is -2.27. The van der Waals surface area contributed by atoms with Crippen molar-refractivity contribution in [2.45, 2.75) is 46.7 Å². The Balaban J connectivity index is 3.80. The van der Waals surface area contributed by atoms with Gasteiger partial charge in [-0.1, -0.05) is 52.8 Å². The van der Waals surface area contributed by atoms with E-state index < -0.39 is 7.50 Å². The van der Waals surface area contributed by atoms with E-state index in [0.717, 1.165) is 6.61 Å². The van der Waals surface area contributed by atoms with Gasteiger partial charge in [0.2, 0.25) is 0 Å². The molecular weight excluding hydrogens is 191 g/mol. The summed E-state index contributed by atoms with van der Waals surface area (Å²) in [7, 11) is -0.814. The lowest BCUT2D eigenvalue weighted by atomic mass is 9.99. The van der Waals surface area contributed by atoms with Crippen molar-refractivity contribution in [2.24, 2.45) is 5.41 Å². The zero-order chi connectivity index (χ0) is 9.99. The molecule has 0 amide bonds. The summed E-state index contributed by atoms with van der Waals surface area (Å²) in [4.78, 5) is 0. The summed E-state index contributed by atoms with van der Waals surface area (Å²) in [6.45, 7) is 13.5. The monoisotopic (exact) mass is 210 g/mol. The molecule has 0 aliphatic heterocycles. The van der Waals surface area contributed by atoms with E-state index in [0.29, 0.717) is 0 Å². The Morgan fingerprint density at radius 2 is 1.50 bits per heavy atom. The first-order chi connectivity index (χ1) is 5.13. The van der Waals surface area contributed by atoms with E-state index in [2.05, 4.69) is 41.5 Å². The van der Waals surface area contributed by atoms with Crippen LogP contribution < -0.4 is 0 Å². The fourth-order valence-electron chi connectivity index (χ4n) is 0.444. The van der Waals surface area contributed by atoms with Gasteiger partial charge in [-0.2, -0.15) is 0 Å². The predicted octanol–water partition coefficient (Wildman–Crippen LogP) is 4.40. The smallest absolute Gasteiger partial charge is 0.129 e. The van der Waals surface area contributed by atoms with E-state index in [1.807, 2.05) is 0 Å². The zero-order valence-electron chi connectivity index (χ0n) is 8.94. The van der Waals surface area contributed by atoms with Crippen molar-refractivity contribution in [3.8, 4) is 0 Å². The standard InChI is InChI=1S/C9H20ClOP/c1-8(2,3)7-11-12(10)9(4,5)6/h7H2,1-6H3. The van der Waals surface area contributed by atoms with Gasteiger partial charge in [-0.25, -0.2) is 0 Å². The van der Waals surface area contributed by atoms with Crippen LogP contribution in [0.2, 0.25) is 0 Å². The average molecular weight is 211 g/mol. The third-order valence-electron chi connectivity index (χ3n) is 1.14. The van der Waals surface area contributed by atoms with Gasteiger partial charge in [0.1, 0.15) is 7.50 Å². The van der Waals surface area contributed by atoms with Gasteiger partial charge in [0, 0.05) is 5.16 Å². The molecule has 0 aliphatic rings. The number of rotatable bonds is 2. The molecular formula is C9H20ClOP. The van der Waals surface area contributed by atoms with Gasteiger partial charge >= 0.3 is 0 Å². The van der Waals surface area contributed by atoms with Crippen LogP contribution in [0.4, 0.5) is 0 Å². The molecule has 0 aromatic carbocycles. The van der Waals surface area contributed by atoms with Crippen molar-refractivity contribution < 1.29 is 4.52 Å². The highest BCUT2D eigenvalue weighted by atomic mass is 35.7.